The van der Waals surface area contributed by atoms with Crippen molar-refractivity contribution in [3.8, 4) is 0 Å². The monoisotopic (exact) mass is 307 g/mol. The summed E-state index contributed by atoms with van der Waals surface area (Å²) in [6.45, 7) is 2.90. The van der Waals surface area contributed by atoms with Crippen LogP contribution in [-0.4, -0.2) is 26.8 Å². The van der Waals surface area contributed by atoms with E-state index in [1.165, 1.54) is 51.4 Å². The van der Waals surface area contributed by atoms with Gasteiger partial charge >= 0.3 is 0 Å². The van der Waals surface area contributed by atoms with Gasteiger partial charge in [0.25, 0.3) is 0 Å². The Morgan fingerprint density at radius 3 is 2.57 bits per heavy atom. The normalized spacial score (nSPS) is 23.7. The van der Waals surface area contributed by atoms with Crippen molar-refractivity contribution in [2.45, 2.75) is 56.8 Å². The van der Waals surface area contributed by atoms with E-state index in [2.05, 4.69) is 22.8 Å². The third kappa shape index (κ3) is 3.35. The number of hydrogen-bond donors (Lipinski definition) is 1. The fourth-order valence-electron chi connectivity index (χ4n) is 4.68. The van der Waals surface area contributed by atoms with Crippen LogP contribution in [0.4, 0.5) is 0 Å². The average Bonchev–Trinajstić information content (AvgIpc) is 2.89. The molecule has 118 valence electrons. The highest BCUT2D eigenvalue weighted by atomic mass is 32.1. The van der Waals surface area contributed by atoms with Gasteiger partial charge in [-0.05, 0) is 42.5 Å². The van der Waals surface area contributed by atoms with Gasteiger partial charge in [-0.1, -0.05) is 31.7 Å². The summed E-state index contributed by atoms with van der Waals surface area (Å²) in [5.74, 6) is 0. The highest BCUT2D eigenvalue weighted by molar-refractivity contribution is 7.10. The standard InChI is InChI=1S/C18H29NOS/c1-20-11-10-19-15-18(16-7-6-12-21-16)13-17(14-18)8-4-2-3-5-9-17/h6-7,12,19H,2-5,8-11,13-15H2,1H3. The number of methoxy groups -OCH3 is 1. The van der Waals surface area contributed by atoms with Crippen LogP contribution in [0.15, 0.2) is 17.5 Å². The Morgan fingerprint density at radius 2 is 1.95 bits per heavy atom. The van der Waals surface area contributed by atoms with Crippen molar-refractivity contribution >= 4 is 11.3 Å². The van der Waals surface area contributed by atoms with Gasteiger partial charge in [0.2, 0.25) is 0 Å². The van der Waals surface area contributed by atoms with Crippen LogP contribution in [0.5, 0.6) is 0 Å². The number of nitrogens with one attached hydrogen (secondary N) is 1. The Morgan fingerprint density at radius 1 is 1.19 bits per heavy atom. The number of hydrogen-bond acceptors (Lipinski definition) is 3. The maximum absolute atomic E-state index is 5.17. The van der Waals surface area contributed by atoms with Crippen molar-refractivity contribution in [3.05, 3.63) is 22.4 Å². The molecular weight excluding hydrogens is 278 g/mol. The van der Waals surface area contributed by atoms with E-state index in [9.17, 15) is 0 Å². The third-order valence-electron chi connectivity index (χ3n) is 5.58. The first-order valence-corrected chi connectivity index (χ1v) is 9.40. The summed E-state index contributed by atoms with van der Waals surface area (Å²) in [5.41, 5.74) is 1.08. The molecule has 0 radical (unpaired) electrons. The summed E-state index contributed by atoms with van der Waals surface area (Å²) in [7, 11) is 1.78. The Labute approximate surface area is 133 Å². The van der Waals surface area contributed by atoms with Gasteiger partial charge in [-0.25, -0.2) is 0 Å². The summed E-state index contributed by atoms with van der Waals surface area (Å²) in [6.07, 6.45) is 11.6. The Hall–Kier alpha value is -0.380. The molecular formula is C18H29NOS. The summed E-state index contributed by atoms with van der Waals surface area (Å²) in [4.78, 5) is 1.60. The molecule has 0 amide bonds. The molecule has 3 heteroatoms. The molecule has 0 saturated heterocycles. The lowest BCUT2D eigenvalue weighted by atomic mass is 9.49. The van der Waals surface area contributed by atoms with Gasteiger partial charge in [0, 0.05) is 30.5 Å². The molecule has 1 aromatic heterocycles. The fraction of sp³-hybridized carbons (Fsp3) is 0.778. The molecule has 1 aromatic rings. The lowest BCUT2D eigenvalue weighted by Gasteiger charge is -2.57. The summed E-state index contributed by atoms with van der Waals surface area (Å²) in [5, 5.41) is 5.88. The highest BCUT2D eigenvalue weighted by Crippen LogP contribution is 2.61. The zero-order valence-corrected chi connectivity index (χ0v) is 14.1. The van der Waals surface area contributed by atoms with Crippen molar-refractivity contribution in [2.24, 2.45) is 5.41 Å². The quantitative estimate of drug-likeness (QED) is 0.789. The summed E-state index contributed by atoms with van der Waals surface area (Å²) in [6, 6.07) is 4.57. The van der Waals surface area contributed by atoms with Crippen LogP contribution >= 0.6 is 11.3 Å². The van der Waals surface area contributed by atoms with Crippen LogP contribution in [0.1, 0.15) is 56.2 Å². The molecule has 0 aliphatic heterocycles. The van der Waals surface area contributed by atoms with E-state index in [1.54, 1.807) is 12.0 Å². The predicted octanol–water partition coefficient (Wildman–Crippen LogP) is 4.36. The maximum atomic E-state index is 5.17. The van der Waals surface area contributed by atoms with E-state index >= 15 is 0 Å². The smallest absolute Gasteiger partial charge is 0.0587 e. The van der Waals surface area contributed by atoms with Gasteiger partial charge in [-0.3, -0.25) is 0 Å². The molecule has 2 nitrogen and oxygen atoms in total. The molecule has 1 heterocycles. The van der Waals surface area contributed by atoms with Crippen LogP contribution in [0.2, 0.25) is 0 Å². The van der Waals surface area contributed by atoms with Crippen molar-refractivity contribution in [1.29, 1.82) is 0 Å². The van der Waals surface area contributed by atoms with E-state index in [0.717, 1.165) is 19.7 Å². The lowest BCUT2D eigenvalue weighted by molar-refractivity contribution is 0.00763. The molecule has 0 atom stereocenters. The molecule has 0 unspecified atom stereocenters. The fourth-order valence-corrected chi connectivity index (χ4v) is 5.61. The first-order chi connectivity index (χ1) is 10.3. The van der Waals surface area contributed by atoms with Gasteiger partial charge in [-0.15, -0.1) is 11.3 Å². The number of thiophene rings is 1. The number of rotatable bonds is 6. The molecule has 2 aliphatic carbocycles. The minimum absolute atomic E-state index is 0.409. The minimum atomic E-state index is 0.409. The van der Waals surface area contributed by atoms with Gasteiger partial charge < -0.3 is 10.1 Å². The summed E-state index contributed by atoms with van der Waals surface area (Å²) >= 11 is 1.95. The topological polar surface area (TPSA) is 21.3 Å². The van der Waals surface area contributed by atoms with Gasteiger partial charge in [-0.2, -0.15) is 0 Å². The van der Waals surface area contributed by atoms with Crippen molar-refractivity contribution in [2.75, 3.05) is 26.8 Å². The van der Waals surface area contributed by atoms with Gasteiger partial charge in [0.15, 0.2) is 0 Å². The zero-order valence-electron chi connectivity index (χ0n) is 13.3. The second kappa shape index (κ2) is 6.80. The zero-order chi connectivity index (χ0) is 14.6. The Kier molecular flexibility index (Phi) is 5.03. The van der Waals surface area contributed by atoms with E-state index in [4.69, 9.17) is 4.74 Å². The molecule has 1 N–H and O–H groups in total. The van der Waals surface area contributed by atoms with Crippen LogP contribution in [0.3, 0.4) is 0 Å². The molecule has 3 rings (SSSR count). The van der Waals surface area contributed by atoms with Crippen molar-refractivity contribution < 1.29 is 4.74 Å². The van der Waals surface area contributed by atoms with Gasteiger partial charge in [0.05, 0.1) is 6.61 Å². The van der Waals surface area contributed by atoms with E-state index in [-0.39, 0.29) is 0 Å². The van der Waals surface area contributed by atoms with Gasteiger partial charge in [0.1, 0.15) is 0 Å². The molecule has 2 fully saturated rings. The van der Waals surface area contributed by atoms with Crippen molar-refractivity contribution in [1.82, 2.24) is 5.32 Å². The van der Waals surface area contributed by atoms with Crippen LogP contribution in [0.25, 0.3) is 0 Å². The maximum Gasteiger partial charge on any atom is 0.0587 e. The van der Waals surface area contributed by atoms with Crippen LogP contribution in [0, 0.1) is 5.41 Å². The molecule has 0 aromatic carbocycles. The SMILES string of the molecule is COCCNCC1(c2cccs2)CC2(CCCCCC2)C1. The van der Waals surface area contributed by atoms with Crippen LogP contribution < -0.4 is 5.32 Å². The van der Waals surface area contributed by atoms with E-state index in [0.29, 0.717) is 10.8 Å². The number of ether oxygens (including phenoxy) is 1. The molecule has 2 aliphatic rings. The average molecular weight is 308 g/mol. The van der Waals surface area contributed by atoms with E-state index in [1.807, 2.05) is 11.3 Å². The Balaban J connectivity index is 1.65. The third-order valence-corrected chi connectivity index (χ3v) is 6.70. The molecule has 1 spiro atoms. The first-order valence-electron chi connectivity index (χ1n) is 8.52. The minimum Gasteiger partial charge on any atom is -0.383 e. The molecule has 21 heavy (non-hydrogen) atoms. The second-order valence-corrected chi connectivity index (χ2v) is 8.14. The first kappa shape index (κ1) is 15.5. The molecule has 2 saturated carbocycles. The second-order valence-electron chi connectivity index (χ2n) is 7.19. The van der Waals surface area contributed by atoms with Crippen LogP contribution in [-0.2, 0) is 10.2 Å². The van der Waals surface area contributed by atoms with E-state index < -0.39 is 0 Å². The Bertz CT molecular complexity index is 412. The summed E-state index contributed by atoms with van der Waals surface area (Å²) < 4.78 is 5.17. The lowest BCUT2D eigenvalue weighted by Crippen LogP contribution is -2.54. The molecule has 0 bridgehead atoms. The van der Waals surface area contributed by atoms with Crippen molar-refractivity contribution in [3.63, 3.8) is 0 Å². The highest BCUT2D eigenvalue weighted by Gasteiger charge is 2.54. The largest absolute Gasteiger partial charge is 0.383 e. The predicted molar refractivity (Wildman–Crippen MR) is 90.1 cm³/mol.